The summed E-state index contributed by atoms with van der Waals surface area (Å²) in [5.41, 5.74) is 2.08. The van der Waals surface area contributed by atoms with Gasteiger partial charge in [0.05, 0.1) is 10.6 Å². The summed E-state index contributed by atoms with van der Waals surface area (Å²) in [6, 6.07) is 4.80. The van der Waals surface area contributed by atoms with Crippen molar-refractivity contribution in [2.24, 2.45) is 0 Å². The van der Waals surface area contributed by atoms with Gasteiger partial charge in [-0.3, -0.25) is 14.3 Å². The first-order valence-corrected chi connectivity index (χ1v) is 8.80. The Morgan fingerprint density at radius 3 is 2.55 bits per heavy atom. The van der Waals surface area contributed by atoms with Crippen LogP contribution in [-0.2, 0) is 10.0 Å². The van der Waals surface area contributed by atoms with E-state index in [4.69, 9.17) is 0 Å². The molecule has 7 heteroatoms. The van der Waals surface area contributed by atoms with Gasteiger partial charge in [-0.25, -0.2) is 8.42 Å². The van der Waals surface area contributed by atoms with Gasteiger partial charge < -0.3 is 0 Å². The van der Waals surface area contributed by atoms with Gasteiger partial charge in [0.1, 0.15) is 4.90 Å². The van der Waals surface area contributed by atoms with Crippen LogP contribution < -0.4 is 4.72 Å². The number of ketones is 1. The lowest BCUT2D eigenvalue weighted by Gasteiger charge is -2.14. The molecule has 0 aliphatic rings. The number of anilines is 1. The zero-order valence-corrected chi connectivity index (χ0v) is 14.0. The van der Waals surface area contributed by atoms with E-state index < -0.39 is 10.0 Å². The van der Waals surface area contributed by atoms with Crippen molar-refractivity contribution in [3.8, 4) is 0 Å². The molecule has 0 radical (unpaired) electrons. The molecule has 1 N–H and O–H groups in total. The molecule has 2 rings (SSSR count). The molecule has 0 bridgehead atoms. The quantitative estimate of drug-likeness (QED) is 0.671. The molecule has 0 fully saturated rings. The van der Waals surface area contributed by atoms with Crippen molar-refractivity contribution in [1.82, 2.24) is 0 Å². The molecule has 0 atom stereocenters. The fraction of sp³-hybridized carbons (Fsp3) is 0.200. The Bertz CT molecular complexity index is 850. The normalized spacial score (nSPS) is 11.2. The number of aldehydes is 1. The van der Waals surface area contributed by atoms with Crippen LogP contribution in [0.4, 0.5) is 5.69 Å². The van der Waals surface area contributed by atoms with Gasteiger partial charge in [-0.15, -0.1) is 11.3 Å². The van der Waals surface area contributed by atoms with Crippen LogP contribution in [0.5, 0.6) is 0 Å². The van der Waals surface area contributed by atoms with Crippen molar-refractivity contribution >= 4 is 39.1 Å². The van der Waals surface area contributed by atoms with Crippen LogP contribution >= 0.6 is 11.3 Å². The second-order valence-electron chi connectivity index (χ2n) is 4.93. The first-order chi connectivity index (χ1) is 10.3. The van der Waals surface area contributed by atoms with Gasteiger partial charge in [-0.1, -0.05) is 6.07 Å². The van der Waals surface area contributed by atoms with Crippen LogP contribution in [-0.4, -0.2) is 20.5 Å². The molecule has 1 aromatic carbocycles. The molecule has 0 aliphatic carbocycles. The molecular weight excluding hydrogens is 322 g/mol. The highest BCUT2D eigenvalue weighted by atomic mass is 32.2. The number of carbonyl (C=O) groups excluding carboxylic acids is 2. The Morgan fingerprint density at radius 2 is 1.95 bits per heavy atom. The number of thiophene rings is 1. The first kappa shape index (κ1) is 16.4. The topological polar surface area (TPSA) is 80.3 Å². The van der Waals surface area contributed by atoms with E-state index in [0.29, 0.717) is 17.4 Å². The lowest BCUT2D eigenvalue weighted by atomic mass is 10.0. The number of benzene rings is 1. The van der Waals surface area contributed by atoms with E-state index in [1.54, 1.807) is 19.1 Å². The van der Waals surface area contributed by atoms with Crippen LogP contribution in [0.15, 0.2) is 28.5 Å². The number of carbonyl (C=O) groups is 2. The summed E-state index contributed by atoms with van der Waals surface area (Å²) in [4.78, 5) is 22.8. The minimum absolute atomic E-state index is 0.0815. The van der Waals surface area contributed by atoms with Gasteiger partial charge in [0.2, 0.25) is 0 Å². The molecule has 0 saturated heterocycles. The third-order valence-electron chi connectivity index (χ3n) is 3.15. The van der Waals surface area contributed by atoms with Gasteiger partial charge in [0, 0.05) is 5.56 Å². The summed E-state index contributed by atoms with van der Waals surface area (Å²) in [6.07, 6.45) is 0.507. The van der Waals surface area contributed by atoms with Crippen LogP contribution in [0.1, 0.15) is 38.1 Å². The Morgan fingerprint density at radius 1 is 1.27 bits per heavy atom. The van der Waals surface area contributed by atoms with E-state index in [1.165, 1.54) is 18.4 Å². The number of sulfonamides is 1. The number of hydrogen-bond acceptors (Lipinski definition) is 5. The molecule has 0 saturated carbocycles. The summed E-state index contributed by atoms with van der Waals surface area (Å²) >= 11 is 1.05. The molecule has 5 nitrogen and oxygen atoms in total. The zero-order valence-electron chi connectivity index (χ0n) is 12.3. The largest absolute Gasteiger partial charge is 0.297 e. The molecule has 1 aromatic heterocycles. The Labute approximate surface area is 133 Å². The van der Waals surface area contributed by atoms with E-state index in [-0.39, 0.29) is 21.2 Å². The second-order valence-corrected chi connectivity index (χ2v) is 7.53. The van der Waals surface area contributed by atoms with Crippen molar-refractivity contribution in [1.29, 1.82) is 0 Å². The van der Waals surface area contributed by atoms with E-state index in [0.717, 1.165) is 16.9 Å². The SMILES string of the molecule is CC(=O)c1cc(C)cc(C)c1NS(=O)(=O)c1ccsc1C=O. The number of Topliss-reactive ketones (excluding diaryl/α,β-unsaturated/α-hetero) is 1. The molecule has 22 heavy (non-hydrogen) atoms. The van der Waals surface area contributed by atoms with E-state index in [1.807, 2.05) is 6.92 Å². The monoisotopic (exact) mass is 337 g/mol. The molecule has 1 heterocycles. The van der Waals surface area contributed by atoms with Crippen molar-refractivity contribution in [3.05, 3.63) is 45.1 Å². The van der Waals surface area contributed by atoms with Crippen LogP contribution in [0, 0.1) is 13.8 Å². The fourth-order valence-electron chi connectivity index (χ4n) is 2.19. The number of rotatable bonds is 5. The fourth-order valence-corrected chi connectivity index (χ4v) is 4.55. The van der Waals surface area contributed by atoms with Gasteiger partial charge in [0.15, 0.2) is 12.1 Å². The van der Waals surface area contributed by atoms with Crippen molar-refractivity contribution in [2.75, 3.05) is 4.72 Å². The van der Waals surface area contributed by atoms with Crippen molar-refractivity contribution in [3.63, 3.8) is 0 Å². The number of aryl methyl sites for hydroxylation is 2. The third kappa shape index (κ3) is 3.10. The Hall–Kier alpha value is -1.99. The van der Waals surface area contributed by atoms with Gasteiger partial charge in [0.25, 0.3) is 10.0 Å². The lowest BCUT2D eigenvalue weighted by molar-refractivity contribution is 0.101. The summed E-state index contributed by atoms with van der Waals surface area (Å²) in [5.74, 6) is -0.231. The average molecular weight is 337 g/mol. The van der Waals surface area contributed by atoms with Crippen molar-refractivity contribution in [2.45, 2.75) is 25.7 Å². The molecule has 116 valence electrons. The number of nitrogens with one attached hydrogen (secondary N) is 1. The zero-order chi connectivity index (χ0) is 16.5. The molecule has 0 spiro atoms. The second kappa shape index (κ2) is 6.02. The minimum Gasteiger partial charge on any atom is -0.297 e. The predicted molar refractivity (Wildman–Crippen MR) is 86.4 cm³/mol. The highest BCUT2D eigenvalue weighted by Crippen LogP contribution is 2.28. The van der Waals surface area contributed by atoms with E-state index in [2.05, 4.69) is 4.72 Å². The highest BCUT2D eigenvalue weighted by Gasteiger charge is 2.22. The summed E-state index contributed by atoms with van der Waals surface area (Å²) in [6.45, 7) is 4.94. The Kier molecular flexibility index (Phi) is 4.48. The van der Waals surface area contributed by atoms with Crippen LogP contribution in [0.3, 0.4) is 0 Å². The maximum absolute atomic E-state index is 12.5. The standard InChI is InChI=1S/C15H15NO4S2/c1-9-6-10(2)15(12(7-9)11(3)18)16-22(19,20)14-4-5-21-13(14)8-17/h4-8,16H,1-3H3. The van der Waals surface area contributed by atoms with Crippen LogP contribution in [0.25, 0.3) is 0 Å². The predicted octanol–water partition coefficient (Wildman–Crippen LogP) is 3.18. The first-order valence-electron chi connectivity index (χ1n) is 6.44. The molecule has 0 unspecified atom stereocenters. The lowest BCUT2D eigenvalue weighted by Crippen LogP contribution is -2.17. The molecule has 0 aliphatic heterocycles. The highest BCUT2D eigenvalue weighted by molar-refractivity contribution is 7.93. The maximum atomic E-state index is 12.5. The van der Waals surface area contributed by atoms with E-state index in [9.17, 15) is 18.0 Å². The van der Waals surface area contributed by atoms with Gasteiger partial charge in [-0.05, 0) is 49.4 Å². The minimum atomic E-state index is -3.93. The van der Waals surface area contributed by atoms with E-state index >= 15 is 0 Å². The molecule has 2 aromatic rings. The van der Waals surface area contributed by atoms with Gasteiger partial charge >= 0.3 is 0 Å². The summed E-state index contributed by atoms with van der Waals surface area (Å²) in [7, 11) is -3.93. The summed E-state index contributed by atoms with van der Waals surface area (Å²) in [5, 5.41) is 1.53. The average Bonchev–Trinajstić information content (AvgIpc) is 2.90. The smallest absolute Gasteiger partial charge is 0.263 e. The molecular formula is C15H15NO4S2. The summed E-state index contributed by atoms with van der Waals surface area (Å²) < 4.78 is 27.4. The van der Waals surface area contributed by atoms with Gasteiger partial charge in [-0.2, -0.15) is 0 Å². The Balaban J connectivity index is 2.55. The maximum Gasteiger partial charge on any atom is 0.263 e. The molecule has 0 amide bonds. The third-order valence-corrected chi connectivity index (χ3v) is 5.53. The van der Waals surface area contributed by atoms with Crippen LogP contribution in [0.2, 0.25) is 0 Å². The van der Waals surface area contributed by atoms with Crippen molar-refractivity contribution < 1.29 is 18.0 Å². The number of hydrogen-bond donors (Lipinski definition) is 1.